The van der Waals surface area contributed by atoms with E-state index in [-0.39, 0.29) is 41.9 Å². The SMILES string of the molecule is CN=C(NCc1ccc(NC(=O)C(C)C)cc1)NCC1Cc2ccccc2O1.I. The second-order valence-corrected chi connectivity index (χ2v) is 7.20. The van der Waals surface area contributed by atoms with Crippen molar-refractivity contribution in [1.29, 1.82) is 0 Å². The summed E-state index contributed by atoms with van der Waals surface area (Å²) in [6.45, 7) is 5.08. The predicted octanol–water partition coefficient (Wildman–Crippen LogP) is 3.57. The van der Waals surface area contributed by atoms with Gasteiger partial charge in [0.1, 0.15) is 11.9 Å². The highest BCUT2D eigenvalue weighted by atomic mass is 127. The summed E-state index contributed by atoms with van der Waals surface area (Å²) in [5.41, 5.74) is 3.17. The Kier molecular flexibility index (Phi) is 8.75. The van der Waals surface area contributed by atoms with Gasteiger partial charge in [0, 0.05) is 31.6 Å². The number of ether oxygens (including phenoxy) is 1. The minimum Gasteiger partial charge on any atom is -0.488 e. The molecule has 7 heteroatoms. The highest BCUT2D eigenvalue weighted by Gasteiger charge is 2.22. The van der Waals surface area contributed by atoms with Gasteiger partial charge in [-0.05, 0) is 29.3 Å². The largest absolute Gasteiger partial charge is 0.488 e. The molecule has 2 aromatic carbocycles. The highest BCUT2D eigenvalue weighted by molar-refractivity contribution is 14.0. The summed E-state index contributed by atoms with van der Waals surface area (Å²) in [5, 5.41) is 9.52. The van der Waals surface area contributed by atoms with Crippen molar-refractivity contribution in [3.05, 3.63) is 59.7 Å². The van der Waals surface area contributed by atoms with E-state index in [1.165, 1.54) is 5.56 Å². The third-order valence-corrected chi connectivity index (χ3v) is 4.64. The summed E-state index contributed by atoms with van der Waals surface area (Å²) < 4.78 is 5.95. The van der Waals surface area contributed by atoms with Gasteiger partial charge in [-0.25, -0.2) is 0 Å². The zero-order valence-electron chi connectivity index (χ0n) is 17.1. The second kappa shape index (κ2) is 11.0. The molecule has 1 atom stereocenters. The fraction of sp³-hybridized carbons (Fsp3) is 0.364. The summed E-state index contributed by atoms with van der Waals surface area (Å²) >= 11 is 0. The van der Waals surface area contributed by atoms with Crippen molar-refractivity contribution in [3.63, 3.8) is 0 Å². The molecule has 29 heavy (non-hydrogen) atoms. The first-order valence-corrected chi connectivity index (χ1v) is 9.64. The number of amides is 1. The van der Waals surface area contributed by atoms with Gasteiger partial charge in [0.2, 0.25) is 5.91 Å². The number of carbonyl (C=O) groups is 1. The standard InChI is InChI=1S/C22H28N4O2.HI/c1-15(2)21(27)26-18-10-8-16(9-11-18)13-24-22(23-3)25-14-19-12-17-6-4-5-7-20(17)28-19;/h4-11,15,19H,12-14H2,1-3H3,(H,26,27)(H2,23,24,25);1H. The molecule has 3 rings (SSSR count). The molecule has 0 saturated carbocycles. The quantitative estimate of drug-likeness (QED) is 0.317. The van der Waals surface area contributed by atoms with E-state index in [1.54, 1.807) is 7.05 Å². The number of anilines is 1. The first kappa shape index (κ1) is 23.0. The van der Waals surface area contributed by atoms with E-state index < -0.39 is 0 Å². The van der Waals surface area contributed by atoms with Crippen molar-refractivity contribution < 1.29 is 9.53 Å². The van der Waals surface area contributed by atoms with Crippen LogP contribution in [-0.2, 0) is 17.8 Å². The first-order chi connectivity index (χ1) is 13.5. The molecule has 156 valence electrons. The Morgan fingerprint density at radius 2 is 1.86 bits per heavy atom. The molecule has 1 amide bonds. The van der Waals surface area contributed by atoms with Gasteiger partial charge in [0.15, 0.2) is 5.96 Å². The second-order valence-electron chi connectivity index (χ2n) is 7.20. The van der Waals surface area contributed by atoms with Crippen LogP contribution in [-0.4, -0.2) is 31.6 Å². The number of aliphatic imine (C=N–C) groups is 1. The molecule has 0 aromatic heterocycles. The summed E-state index contributed by atoms with van der Waals surface area (Å²) in [7, 11) is 1.75. The smallest absolute Gasteiger partial charge is 0.226 e. The van der Waals surface area contributed by atoms with Crippen molar-refractivity contribution >= 4 is 41.5 Å². The molecule has 1 aliphatic rings. The Bertz CT molecular complexity index is 812. The average Bonchev–Trinajstić information content (AvgIpc) is 3.12. The van der Waals surface area contributed by atoms with Crippen molar-refractivity contribution in [3.8, 4) is 5.75 Å². The number of halogens is 1. The molecule has 0 radical (unpaired) electrons. The minimum absolute atomic E-state index is 0. The van der Waals surface area contributed by atoms with Crippen LogP contribution in [0.25, 0.3) is 0 Å². The molecule has 6 nitrogen and oxygen atoms in total. The Morgan fingerprint density at radius 1 is 1.14 bits per heavy atom. The topological polar surface area (TPSA) is 74.8 Å². The van der Waals surface area contributed by atoms with E-state index in [4.69, 9.17) is 4.74 Å². The van der Waals surface area contributed by atoms with Gasteiger partial charge in [-0.2, -0.15) is 0 Å². The molecule has 2 aromatic rings. The molecule has 1 aliphatic heterocycles. The minimum atomic E-state index is -0.0348. The normalized spacial score (nSPS) is 15.2. The number of carbonyl (C=O) groups excluding carboxylic acids is 1. The molecule has 3 N–H and O–H groups in total. The number of guanidine groups is 1. The van der Waals surface area contributed by atoms with Gasteiger partial charge in [-0.1, -0.05) is 44.2 Å². The van der Waals surface area contributed by atoms with Crippen molar-refractivity contribution in [2.24, 2.45) is 10.9 Å². The molecule has 0 saturated heterocycles. The number of nitrogens with zero attached hydrogens (tertiary/aromatic N) is 1. The van der Waals surface area contributed by atoms with E-state index in [0.717, 1.165) is 29.4 Å². The monoisotopic (exact) mass is 508 g/mol. The van der Waals surface area contributed by atoms with Crippen LogP contribution >= 0.6 is 24.0 Å². The number of fused-ring (bicyclic) bond motifs is 1. The summed E-state index contributed by atoms with van der Waals surface area (Å²) in [6, 6.07) is 16.0. The van der Waals surface area contributed by atoms with Crippen LogP contribution in [0.4, 0.5) is 5.69 Å². The van der Waals surface area contributed by atoms with E-state index >= 15 is 0 Å². The van der Waals surface area contributed by atoms with E-state index in [2.05, 4.69) is 27.0 Å². The summed E-state index contributed by atoms with van der Waals surface area (Å²) in [5.74, 6) is 1.69. The first-order valence-electron chi connectivity index (χ1n) is 9.64. The number of nitrogens with one attached hydrogen (secondary N) is 3. The third kappa shape index (κ3) is 6.62. The third-order valence-electron chi connectivity index (χ3n) is 4.64. The van der Waals surface area contributed by atoms with Crippen LogP contribution in [0.2, 0.25) is 0 Å². The summed E-state index contributed by atoms with van der Waals surface area (Å²) in [4.78, 5) is 16.0. The van der Waals surface area contributed by atoms with Gasteiger partial charge in [-0.15, -0.1) is 24.0 Å². The zero-order valence-corrected chi connectivity index (χ0v) is 19.4. The lowest BCUT2D eigenvalue weighted by molar-refractivity contribution is -0.118. The lowest BCUT2D eigenvalue weighted by Gasteiger charge is -2.16. The molecule has 0 aliphatic carbocycles. The van der Waals surface area contributed by atoms with Crippen molar-refractivity contribution in [2.75, 3.05) is 18.9 Å². The van der Waals surface area contributed by atoms with Gasteiger partial charge >= 0.3 is 0 Å². The molecule has 0 fully saturated rings. The number of hydrogen-bond donors (Lipinski definition) is 3. The molecule has 0 bridgehead atoms. The molecular weight excluding hydrogens is 479 g/mol. The van der Waals surface area contributed by atoms with E-state index in [0.29, 0.717) is 13.1 Å². The Hall–Kier alpha value is -2.29. The van der Waals surface area contributed by atoms with Crippen LogP contribution in [0.3, 0.4) is 0 Å². The number of hydrogen-bond acceptors (Lipinski definition) is 3. The maximum atomic E-state index is 11.7. The predicted molar refractivity (Wildman–Crippen MR) is 128 cm³/mol. The number of rotatable bonds is 6. The Labute approximate surface area is 189 Å². The van der Waals surface area contributed by atoms with Crippen molar-refractivity contribution in [2.45, 2.75) is 32.9 Å². The number of benzene rings is 2. The fourth-order valence-corrected chi connectivity index (χ4v) is 2.98. The maximum absolute atomic E-state index is 11.7. The van der Waals surface area contributed by atoms with Gasteiger partial charge in [0.05, 0.1) is 6.54 Å². The van der Waals surface area contributed by atoms with Crippen molar-refractivity contribution in [1.82, 2.24) is 10.6 Å². The fourth-order valence-electron chi connectivity index (χ4n) is 2.98. The molecule has 1 unspecified atom stereocenters. The van der Waals surface area contributed by atoms with Crippen LogP contribution in [0.1, 0.15) is 25.0 Å². The van der Waals surface area contributed by atoms with E-state index in [9.17, 15) is 4.79 Å². The van der Waals surface area contributed by atoms with Gasteiger partial charge in [-0.3, -0.25) is 9.79 Å². The van der Waals surface area contributed by atoms with Gasteiger partial charge in [0.25, 0.3) is 0 Å². The van der Waals surface area contributed by atoms with Crippen LogP contribution in [0.5, 0.6) is 5.75 Å². The Balaban J connectivity index is 0.00000300. The zero-order chi connectivity index (χ0) is 19.9. The van der Waals surface area contributed by atoms with Crippen LogP contribution < -0.4 is 20.7 Å². The van der Waals surface area contributed by atoms with Gasteiger partial charge < -0.3 is 20.7 Å². The molecule has 0 spiro atoms. The van der Waals surface area contributed by atoms with Crippen LogP contribution in [0, 0.1) is 5.92 Å². The lowest BCUT2D eigenvalue weighted by Crippen LogP contribution is -2.41. The molecular formula is C22H29IN4O2. The molecule has 1 heterocycles. The lowest BCUT2D eigenvalue weighted by atomic mass is 10.1. The average molecular weight is 508 g/mol. The number of para-hydroxylation sites is 1. The summed E-state index contributed by atoms with van der Waals surface area (Å²) in [6.07, 6.45) is 1.02. The Morgan fingerprint density at radius 3 is 2.52 bits per heavy atom. The van der Waals surface area contributed by atoms with Crippen LogP contribution in [0.15, 0.2) is 53.5 Å². The highest BCUT2D eigenvalue weighted by Crippen LogP contribution is 2.27. The maximum Gasteiger partial charge on any atom is 0.226 e. The van der Waals surface area contributed by atoms with E-state index in [1.807, 2.05) is 56.3 Å².